The smallest absolute Gasteiger partial charge is 0.305 e. The van der Waals surface area contributed by atoms with E-state index >= 15 is 0 Å². The molecule has 0 spiro atoms. The van der Waals surface area contributed by atoms with Gasteiger partial charge in [-0.1, -0.05) is 6.92 Å². The molecule has 0 aromatic rings. The summed E-state index contributed by atoms with van der Waals surface area (Å²) in [6.45, 7) is 1.31. The van der Waals surface area contributed by atoms with Crippen LogP contribution in [0, 0.1) is 0 Å². The zero-order chi connectivity index (χ0) is 8.91. The minimum atomic E-state index is -4.01. The molecular weight excluding hydrogens is 196 g/mol. The van der Waals surface area contributed by atoms with Crippen molar-refractivity contribution in [3.63, 3.8) is 0 Å². The number of rotatable bonds is 4. The zero-order valence-corrected chi connectivity index (χ0v) is 9.05. The van der Waals surface area contributed by atoms with Crippen molar-refractivity contribution in [2.45, 2.75) is 13.3 Å². The molecule has 0 aliphatic heterocycles. The van der Waals surface area contributed by atoms with E-state index in [2.05, 4.69) is 4.74 Å². The summed E-state index contributed by atoms with van der Waals surface area (Å²) in [5.74, 6) is -1.02. The fourth-order valence-electron chi connectivity index (χ4n) is 0.363. The van der Waals surface area contributed by atoms with Crippen LogP contribution in [0.4, 0.5) is 0 Å². The van der Waals surface area contributed by atoms with Crippen LogP contribution in [0.2, 0.25) is 0 Å². The summed E-state index contributed by atoms with van der Waals surface area (Å²) in [5.41, 5.74) is 0. The highest BCUT2D eigenvalue weighted by Crippen LogP contribution is 1.87. The van der Waals surface area contributed by atoms with E-state index in [-0.39, 0.29) is 36.1 Å². The fourth-order valence-corrected chi connectivity index (χ4v) is 0.657. The second-order valence-electron chi connectivity index (χ2n) is 1.86. The first-order valence-electron chi connectivity index (χ1n) is 3.06. The molecule has 5 nitrogen and oxygen atoms in total. The minimum absolute atomic E-state index is 0. The van der Waals surface area contributed by atoms with Crippen molar-refractivity contribution in [3.05, 3.63) is 0 Å². The van der Waals surface area contributed by atoms with E-state index in [0.717, 1.165) is 0 Å². The molecule has 0 aromatic heterocycles. The molecule has 7 heteroatoms. The maximum absolute atomic E-state index is 10.4. The quantitative estimate of drug-likeness (QED) is 0.379. The molecule has 0 heterocycles. The number of hydrogen-bond donors (Lipinski definition) is 1. The summed E-state index contributed by atoms with van der Waals surface area (Å²) in [5, 5.41) is 0. The summed E-state index contributed by atoms with van der Waals surface area (Å²) in [4.78, 5) is 10.4. The summed E-state index contributed by atoms with van der Waals surface area (Å²) in [6, 6.07) is 0. The van der Waals surface area contributed by atoms with Crippen LogP contribution in [0.5, 0.6) is 0 Å². The monoisotopic (exact) mass is 206 g/mol. The molecule has 0 saturated heterocycles. The van der Waals surface area contributed by atoms with E-state index in [1.807, 2.05) is 0 Å². The fraction of sp³-hybridized carbons (Fsp3) is 0.800. The van der Waals surface area contributed by atoms with Gasteiger partial charge in [0.25, 0.3) is 10.1 Å². The largest absolute Gasteiger partial charge is 0.465 e. The van der Waals surface area contributed by atoms with Crippen LogP contribution in [0.15, 0.2) is 0 Å². The molecule has 0 saturated carbocycles. The van der Waals surface area contributed by atoms with Gasteiger partial charge in [-0.05, 0) is 0 Å². The van der Waals surface area contributed by atoms with Gasteiger partial charge in [-0.3, -0.25) is 9.35 Å². The van der Waals surface area contributed by atoms with Gasteiger partial charge >= 0.3 is 5.97 Å². The molecule has 0 aliphatic rings. The van der Waals surface area contributed by atoms with Crippen LogP contribution in [0.3, 0.4) is 0 Å². The number of ether oxygens (including phenoxy) is 1. The van der Waals surface area contributed by atoms with Crippen molar-refractivity contribution in [1.82, 2.24) is 0 Å². The van der Waals surface area contributed by atoms with E-state index in [9.17, 15) is 13.2 Å². The zero-order valence-electron chi connectivity index (χ0n) is 6.82. The third-order valence-electron chi connectivity index (χ3n) is 0.893. The molecule has 0 aliphatic carbocycles. The normalized spacial score (nSPS) is 10.2. The number of esters is 1. The summed E-state index contributed by atoms with van der Waals surface area (Å²) in [6.07, 6.45) is 0.200. The van der Waals surface area contributed by atoms with Gasteiger partial charge in [0.2, 0.25) is 0 Å². The Balaban J connectivity index is 0. The second kappa shape index (κ2) is 6.64. The van der Waals surface area contributed by atoms with Crippen LogP contribution < -0.4 is 0 Å². The van der Waals surface area contributed by atoms with Gasteiger partial charge in [-0.2, -0.15) is 8.42 Å². The van der Waals surface area contributed by atoms with Gasteiger partial charge in [-0.25, -0.2) is 0 Å². The molecule has 68 valence electrons. The summed E-state index contributed by atoms with van der Waals surface area (Å²) < 4.78 is 32.7. The number of carbonyl (C=O) groups is 1. The van der Waals surface area contributed by atoms with Crippen molar-refractivity contribution in [1.29, 1.82) is 0 Å². The average molecular weight is 207 g/mol. The first-order valence-corrected chi connectivity index (χ1v) is 4.67. The Bertz CT molecular complexity index is 222. The Morgan fingerprint density at radius 2 is 2.00 bits per heavy atom. The van der Waals surface area contributed by atoms with Crippen molar-refractivity contribution in [2.75, 3.05) is 12.4 Å². The van der Waals surface area contributed by atoms with E-state index in [1.54, 1.807) is 6.92 Å². The molecule has 0 aromatic carbocycles. The van der Waals surface area contributed by atoms with Crippen LogP contribution in [0.1, 0.15) is 13.3 Å². The lowest BCUT2D eigenvalue weighted by Gasteiger charge is -1.99. The summed E-state index contributed by atoms with van der Waals surface area (Å²) in [7, 11) is -4.01. The highest BCUT2D eigenvalue weighted by atomic mass is 32.2. The Labute approximate surface area is 87.4 Å². The molecule has 2 radical (unpaired) electrons. The molecular formula is C5H10MgO5S. The standard InChI is InChI=1S/C5H10O5S.Mg/c1-2-5(6)10-3-4-11(7,8)9;/h2-4H2,1H3,(H,7,8,9);. The van der Waals surface area contributed by atoms with Crippen LogP contribution in [0.25, 0.3) is 0 Å². The Morgan fingerprint density at radius 1 is 1.50 bits per heavy atom. The van der Waals surface area contributed by atoms with Gasteiger partial charge in [0.15, 0.2) is 0 Å². The summed E-state index contributed by atoms with van der Waals surface area (Å²) >= 11 is 0. The van der Waals surface area contributed by atoms with E-state index < -0.39 is 21.8 Å². The average Bonchev–Trinajstić information content (AvgIpc) is 1.85. The Hall–Kier alpha value is 0.146. The first-order chi connectivity index (χ1) is 4.95. The van der Waals surface area contributed by atoms with E-state index in [1.165, 1.54) is 0 Å². The lowest BCUT2D eigenvalue weighted by molar-refractivity contribution is -0.142. The highest BCUT2D eigenvalue weighted by molar-refractivity contribution is 7.85. The van der Waals surface area contributed by atoms with Crippen molar-refractivity contribution < 1.29 is 22.5 Å². The number of hydrogen-bond acceptors (Lipinski definition) is 4. The predicted octanol–water partition coefficient (Wildman–Crippen LogP) is -0.553. The van der Waals surface area contributed by atoms with E-state index in [0.29, 0.717) is 0 Å². The molecule has 0 amide bonds. The van der Waals surface area contributed by atoms with Gasteiger partial charge in [0, 0.05) is 29.5 Å². The third-order valence-corrected chi connectivity index (χ3v) is 1.58. The van der Waals surface area contributed by atoms with Crippen LogP contribution in [-0.2, 0) is 19.6 Å². The third kappa shape index (κ3) is 10.1. The Kier molecular flexibility index (Phi) is 8.11. The molecule has 0 fully saturated rings. The van der Waals surface area contributed by atoms with Gasteiger partial charge in [0.1, 0.15) is 12.4 Å². The lowest BCUT2D eigenvalue weighted by atomic mass is 10.5. The first kappa shape index (κ1) is 14.7. The SMILES string of the molecule is CCC(=O)OCCS(=O)(=O)O.[Mg]. The van der Waals surface area contributed by atoms with Gasteiger partial charge in [0.05, 0.1) is 0 Å². The second-order valence-corrected chi connectivity index (χ2v) is 3.43. The van der Waals surface area contributed by atoms with Gasteiger partial charge in [-0.15, -0.1) is 0 Å². The molecule has 0 atom stereocenters. The number of carbonyl (C=O) groups excluding carboxylic acids is 1. The molecule has 0 bridgehead atoms. The lowest BCUT2D eigenvalue weighted by Crippen LogP contribution is -2.13. The predicted molar refractivity (Wildman–Crippen MR) is 43.4 cm³/mol. The Morgan fingerprint density at radius 3 is 2.33 bits per heavy atom. The molecule has 12 heavy (non-hydrogen) atoms. The molecule has 0 unspecified atom stereocenters. The highest BCUT2D eigenvalue weighted by Gasteiger charge is 2.05. The molecule has 0 rings (SSSR count). The van der Waals surface area contributed by atoms with Crippen LogP contribution >= 0.6 is 0 Å². The molecule has 1 N–H and O–H groups in total. The topological polar surface area (TPSA) is 80.7 Å². The maximum atomic E-state index is 10.4. The van der Waals surface area contributed by atoms with Gasteiger partial charge < -0.3 is 4.74 Å². The van der Waals surface area contributed by atoms with E-state index in [4.69, 9.17) is 4.55 Å². The minimum Gasteiger partial charge on any atom is -0.465 e. The van der Waals surface area contributed by atoms with Crippen molar-refractivity contribution in [3.8, 4) is 0 Å². The van der Waals surface area contributed by atoms with Crippen LogP contribution in [-0.4, -0.2) is 54.4 Å². The van der Waals surface area contributed by atoms with Crippen molar-refractivity contribution >= 4 is 39.1 Å². The van der Waals surface area contributed by atoms with Crippen molar-refractivity contribution in [2.24, 2.45) is 0 Å². The maximum Gasteiger partial charge on any atom is 0.305 e.